The Morgan fingerprint density at radius 3 is 2.65 bits per heavy atom. The van der Waals surface area contributed by atoms with E-state index in [0.29, 0.717) is 16.3 Å². The van der Waals surface area contributed by atoms with Crippen LogP contribution >= 0.6 is 35.6 Å². The predicted octanol–water partition coefficient (Wildman–Crippen LogP) is 2.18. The smallest absolute Gasteiger partial charge is 0.252 e. The van der Waals surface area contributed by atoms with Crippen LogP contribution in [0.15, 0.2) is 48.5 Å². The van der Waals surface area contributed by atoms with E-state index in [0.717, 1.165) is 0 Å². The second kappa shape index (κ2) is 7.94. The van der Waals surface area contributed by atoms with Gasteiger partial charge in [-0.15, -0.1) is 11.8 Å². The number of anilines is 1. The molecule has 9 heteroatoms. The lowest BCUT2D eigenvalue weighted by atomic mass is 10.1. The number of carboxylic acid groups (broad SMARTS) is 1. The van der Waals surface area contributed by atoms with Crippen LogP contribution < -0.4 is 15.8 Å². The van der Waals surface area contributed by atoms with Crippen LogP contribution in [0.25, 0.3) is 0 Å². The molecule has 2 N–H and O–H groups in total. The Morgan fingerprint density at radius 1 is 1.23 bits per heavy atom. The molecule has 6 nitrogen and oxygen atoms in total. The number of nitrogens with one attached hydrogen (secondary N) is 2. The number of carbonyl (C=O) groups excluding carboxylic acids is 2. The Hall–Kier alpha value is -2.29. The van der Waals surface area contributed by atoms with E-state index in [1.165, 1.54) is 22.8 Å². The van der Waals surface area contributed by atoms with Gasteiger partial charge in [0.25, 0.3) is 5.91 Å². The van der Waals surface area contributed by atoms with E-state index in [9.17, 15) is 14.7 Å². The van der Waals surface area contributed by atoms with Crippen molar-refractivity contribution in [3.63, 3.8) is 0 Å². The summed E-state index contributed by atoms with van der Waals surface area (Å²) in [6.45, 7) is 0. The maximum absolute atomic E-state index is 12.3. The van der Waals surface area contributed by atoms with Gasteiger partial charge in [-0.2, -0.15) is 0 Å². The number of thioether (sulfide) groups is 1. The first-order valence-corrected chi connectivity index (χ1v) is 9.37. The van der Waals surface area contributed by atoms with Crippen molar-refractivity contribution in [2.45, 2.75) is 5.37 Å². The van der Waals surface area contributed by atoms with Crippen molar-refractivity contribution in [1.29, 1.82) is 0 Å². The number of benzene rings is 2. The van der Waals surface area contributed by atoms with Gasteiger partial charge in [0.1, 0.15) is 5.37 Å². The fourth-order valence-electron chi connectivity index (χ4n) is 2.50. The van der Waals surface area contributed by atoms with Crippen LogP contribution in [-0.2, 0) is 4.79 Å². The van der Waals surface area contributed by atoms with Crippen molar-refractivity contribution < 1.29 is 14.7 Å². The number of halogens is 1. The molecule has 3 rings (SSSR count). The molecule has 0 saturated carbocycles. The Bertz CT molecular complexity index is 878. The highest BCUT2D eigenvalue weighted by atomic mass is 35.5. The van der Waals surface area contributed by atoms with Gasteiger partial charge in [-0.05, 0) is 29.9 Å². The first kappa shape index (κ1) is 18.5. The Morgan fingerprint density at radius 2 is 1.92 bits per heavy atom. The minimum Gasteiger partial charge on any atom is -0.545 e. The largest absolute Gasteiger partial charge is 0.545 e. The number of hydrogen-bond donors (Lipinski definition) is 2. The fraction of sp³-hybridized carbons (Fsp3) is 0.118. The van der Waals surface area contributed by atoms with Gasteiger partial charge in [0.2, 0.25) is 0 Å². The lowest BCUT2D eigenvalue weighted by Gasteiger charge is -2.27. The van der Waals surface area contributed by atoms with Gasteiger partial charge >= 0.3 is 0 Å². The molecule has 1 aliphatic rings. The summed E-state index contributed by atoms with van der Waals surface area (Å²) in [5.74, 6) is -1.30. The van der Waals surface area contributed by atoms with Gasteiger partial charge in [0.05, 0.1) is 22.4 Å². The zero-order valence-electron chi connectivity index (χ0n) is 13.3. The molecule has 1 amide bonds. The number of thiocarbonyl (C=S) groups is 1. The molecule has 0 aromatic heterocycles. The molecule has 1 fully saturated rings. The molecular weight excluding hydrogens is 394 g/mol. The Labute approximate surface area is 164 Å². The first-order valence-electron chi connectivity index (χ1n) is 7.53. The van der Waals surface area contributed by atoms with Gasteiger partial charge < -0.3 is 15.2 Å². The van der Waals surface area contributed by atoms with Crippen LogP contribution in [0.4, 0.5) is 5.69 Å². The molecule has 0 bridgehead atoms. The van der Waals surface area contributed by atoms with Crippen LogP contribution in [0.2, 0.25) is 5.02 Å². The SMILES string of the molecule is O=C([O-])c1ccccc1[C@@H]1SCC(=O)N1NC(=S)Nc1ccccc1Cl. The second-order valence-corrected chi connectivity index (χ2v) is 7.23. The van der Waals surface area contributed by atoms with Crippen LogP contribution in [-0.4, -0.2) is 27.8 Å². The van der Waals surface area contributed by atoms with Gasteiger partial charge in [-0.25, -0.2) is 5.01 Å². The summed E-state index contributed by atoms with van der Waals surface area (Å²) in [6, 6.07) is 13.5. The highest BCUT2D eigenvalue weighted by molar-refractivity contribution is 8.00. The second-order valence-electron chi connectivity index (χ2n) is 5.35. The number of hydrazine groups is 1. The maximum atomic E-state index is 12.3. The van der Waals surface area contributed by atoms with E-state index in [2.05, 4.69) is 10.7 Å². The van der Waals surface area contributed by atoms with Crippen LogP contribution in [0.5, 0.6) is 0 Å². The van der Waals surface area contributed by atoms with Crippen LogP contribution in [0.3, 0.4) is 0 Å². The van der Waals surface area contributed by atoms with E-state index < -0.39 is 11.3 Å². The van der Waals surface area contributed by atoms with Gasteiger partial charge in [-0.1, -0.05) is 48.0 Å². The van der Waals surface area contributed by atoms with E-state index in [4.69, 9.17) is 23.8 Å². The minimum atomic E-state index is -1.29. The lowest BCUT2D eigenvalue weighted by molar-refractivity contribution is -0.255. The van der Waals surface area contributed by atoms with E-state index in [1.807, 2.05) is 0 Å². The molecule has 0 radical (unpaired) electrons. The Balaban J connectivity index is 1.80. The summed E-state index contributed by atoms with van der Waals surface area (Å²) in [5.41, 5.74) is 3.93. The third kappa shape index (κ3) is 3.92. The summed E-state index contributed by atoms with van der Waals surface area (Å²) in [6.07, 6.45) is 0. The summed E-state index contributed by atoms with van der Waals surface area (Å²) in [5, 5.41) is 15.7. The summed E-state index contributed by atoms with van der Waals surface area (Å²) in [4.78, 5) is 23.6. The highest BCUT2D eigenvalue weighted by Crippen LogP contribution is 2.38. The van der Waals surface area contributed by atoms with Crippen molar-refractivity contribution in [1.82, 2.24) is 10.4 Å². The van der Waals surface area contributed by atoms with E-state index >= 15 is 0 Å². The minimum absolute atomic E-state index is 0.0384. The topological polar surface area (TPSA) is 84.5 Å². The molecule has 0 aliphatic carbocycles. The predicted molar refractivity (Wildman–Crippen MR) is 104 cm³/mol. The molecule has 1 saturated heterocycles. The number of hydrogen-bond acceptors (Lipinski definition) is 5. The number of aromatic carboxylic acids is 1. The molecule has 134 valence electrons. The van der Waals surface area contributed by atoms with Gasteiger partial charge in [-0.3, -0.25) is 10.2 Å². The van der Waals surface area contributed by atoms with Crippen LogP contribution in [0, 0.1) is 0 Å². The van der Waals surface area contributed by atoms with Crippen molar-refractivity contribution in [3.05, 3.63) is 64.7 Å². The molecule has 1 aliphatic heterocycles. The molecule has 1 atom stereocenters. The van der Waals surface area contributed by atoms with Crippen molar-refractivity contribution >= 4 is 58.3 Å². The van der Waals surface area contributed by atoms with Gasteiger partial charge in [0.15, 0.2) is 5.11 Å². The lowest BCUT2D eigenvalue weighted by Crippen LogP contribution is -2.46. The third-order valence-corrected chi connectivity index (χ3v) is 5.38. The molecule has 26 heavy (non-hydrogen) atoms. The molecule has 1 heterocycles. The highest BCUT2D eigenvalue weighted by Gasteiger charge is 2.35. The quantitative estimate of drug-likeness (QED) is 0.753. The summed E-state index contributed by atoms with van der Waals surface area (Å²) >= 11 is 12.7. The molecule has 2 aromatic carbocycles. The van der Waals surface area contributed by atoms with Gasteiger partial charge in [0, 0.05) is 5.56 Å². The Kier molecular flexibility index (Phi) is 5.65. The number of carbonyl (C=O) groups is 2. The number of amides is 1. The monoisotopic (exact) mass is 406 g/mol. The van der Waals surface area contributed by atoms with Crippen LogP contribution in [0.1, 0.15) is 21.3 Å². The van der Waals surface area contributed by atoms with E-state index in [-0.39, 0.29) is 22.3 Å². The van der Waals surface area contributed by atoms with Crippen molar-refractivity contribution in [2.24, 2.45) is 0 Å². The standard InChI is InChI=1S/C17H14ClN3O3S2/c18-12-7-3-4-8-13(12)19-17(25)20-21-14(22)9-26-15(21)10-5-1-2-6-11(10)16(23)24/h1-8,15H,9H2,(H,23,24)(H2,19,20,25)/p-1/t15-/m0/s1. The number of para-hydroxylation sites is 1. The first-order chi connectivity index (χ1) is 12.5. The zero-order chi connectivity index (χ0) is 18.7. The van der Waals surface area contributed by atoms with E-state index in [1.54, 1.807) is 42.5 Å². The molecule has 2 aromatic rings. The molecular formula is C17H13ClN3O3S2-. The number of rotatable bonds is 4. The van der Waals surface area contributed by atoms with Crippen molar-refractivity contribution in [2.75, 3.05) is 11.1 Å². The van der Waals surface area contributed by atoms with Crippen molar-refractivity contribution in [3.8, 4) is 0 Å². The molecule has 0 spiro atoms. The average molecular weight is 407 g/mol. The molecule has 0 unspecified atom stereocenters. The summed E-state index contributed by atoms with van der Waals surface area (Å²) < 4.78 is 0. The average Bonchev–Trinajstić information content (AvgIpc) is 2.97. The maximum Gasteiger partial charge on any atom is 0.252 e. The summed E-state index contributed by atoms with van der Waals surface area (Å²) in [7, 11) is 0. The number of nitrogens with zero attached hydrogens (tertiary/aromatic N) is 1. The number of carboxylic acids is 1. The fourth-order valence-corrected chi connectivity index (χ4v) is 4.03. The zero-order valence-corrected chi connectivity index (χ0v) is 15.7. The normalized spacial score (nSPS) is 16.4. The third-order valence-electron chi connectivity index (χ3n) is 3.66.